The number of rotatable bonds is 6. The van der Waals surface area contributed by atoms with Gasteiger partial charge in [0.15, 0.2) is 0 Å². The van der Waals surface area contributed by atoms with E-state index in [1.54, 1.807) is 12.1 Å². The molecule has 1 N–H and O–H groups in total. The van der Waals surface area contributed by atoms with Gasteiger partial charge >= 0.3 is 0 Å². The lowest BCUT2D eigenvalue weighted by Crippen LogP contribution is -2.36. The third-order valence-corrected chi connectivity index (χ3v) is 7.02. The van der Waals surface area contributed by atoms with Gasteiger partial charge in [0.05, 0.1) is 36.7 Å². The fourth-order valence-corrected chi connectivity index (χ4v) is 4.61. The molecule has 2 aromatic rings. The Hall–Kier alpha value is -1.88. The molecule has 1 aliphatic rings. The van der Waals surface area contributed by atoms with Gasteiger partial charge in [0.25, 0.3) is 15.9 Å². The molecule has 0 spiro atoms. The molecule has 1 heterocycles. The van der Waals surface area contributed by atoms with Gasteiger partial charge in [0.1, 0.15) is 4.90 Å². The SMILES string of the molecule is CON(C)S(=O)(=O)c1cc(C(=O)Nc2cc(Cl)ccc2N2CCOCC2)ccc1Cl. The monoisotopic (exact) mass is 473 g/mol. The largest absolute Gasteiger partial charge is 0.378 e. The predicted octanol–water partition coefficient (Wildman–Crippen LogP) is 3.26. The molecule has 1 amide bonds. The number of nitrogens with one attached hydrogen (secondary N) is 1. The zero-order chi connectivity index (χ0) is 21.9. The summed E-state index contributed by atoms with van der Waals surface area (Å²) in [6.45, 7) is 2.53. The number of hydroxylamine groups is 1. The van der Waals surface area contributed by atoms with Crippen LogP contribution in [0.5, 0.6) is 0 Å². The van der Waals surface area contributed by atoms with E-state index in [9.17, 15) is 13.2 Å². The fraction of sp³-hybridized carbons (Fsp3) is 0.316. The van der Waals surface area contributed by atoms with Crippen LogP contribution in [0.1, 0.15) is 10.4 Å². The standard InChI is InChI=1S/C19H21Cl2N3O5S/c1-23(28-2)30(26,27)18-11-13(3-5-15(18)21)19(25)22-16-12-14(20)4-6-17(16)24-7-9-29-10-8-24/h3-6,11-12H,7-10H2,1-2H3,(H,22,25). The smallest absolute Gasteiger partial charge is 0.266 e. The minimum absolute atomic E-state index is 0.0211. The molecule has 0 atom stereocenters. The summed E-state index contributed by atoms with van der Waals surface area (Å²) in [6, 6.07) is 9.23. The molecule has 0 radical (unpaired) electrons. The van der Waals surface area contributed by atoms with E-state index in [0.717, 1.165) is 5.69 Å². The minimum Gasteiger partial charge on any atom is -0.378 e. The van der Waals surface area contributed by atoms with E-state index in [1.165, 1.54) is 32.4 Å². The molecule has 162 valence electrons. The van der Waals surface area contributed by atoms with E-state index in [-0.39, 0.29) is 15.5 Å². The summed E-state index contributed by atoms with van der Waals surface area (Å²) < 4.78 is 31.2. The highest BCUT2D eigenvalue weighted by atomic mass is 35.5. The Morgan fingerprint density at radius 2 is 1.87 bits per heavy atom. The van der Waals surface area contributed by atoms with Gasteiger partial charge in [0.2, 0.25) is 0 Å². The first-order valence-corrected chi connectivity index (χ1v) is 11.2. The normalized spacial score (nSPS) is 14.8. The molecule has 1 saturated heterocycles. The quantitative estimate of drug-likeness (QED) is 0.647. The van der Waals surface area contributed by atoms with Crippen LogP contribution >= 0.6 is 23.2 Å². The number of halogens is 2. The maximum atomic E-state index is 12.9. The number of sulfonamides is 1. The Kier molecular flexibility index (Phi) is 7.22. The topological polar surface area (TPSA) is 88.2 Å². The average molecular weight is 474 g/mol. The first kappa shape index (κ1) is 22.8. The van der Waals surface area contributed by atoms with Crippen molar-refractivity contribution < 1.29 is 22.8 Å². The van der Waals surface area contributed by atoms with Gasteiger partial charge in [-0.25, -0.2) is 8.42 Å². The number of ether oxygens (including phenoxy) is 1. The number of benzene rings is 2. The molecule has 1 fully saturated rings. The third-order valence-electron chi connectivity index (χ3n) is 4.63. The van der Waals surface area contributed by atoms with Crippen molar-refractivity contribution in [2.24, 2.45) is 0 Å². The molecule has 8 nitrogen and oxygen atoms in total. The molecule has 0 unspecified atom stereocenters. The van der Waals surface area contributed by atoms with E-state index < -0.39 is 15.9 Å². The van der Waals surface area contributed by atoms with Gasteiger partial charge in [-0.15, -0.1) is 0 Å². The van der Waals surface area contributed by atoms with Crippen LogP contribution in [0.25, 0.3) is 0 Å². The fourth-order valence-electron chi connectivity index (χ4n) is 2.96. The lowest BCUT2D eigenvalue weighted by Gasteiger charge is -2.30. The highest BCUT2D eigenvalue weighted by molar-refractivity contribution is 7.89. The van der Waals surface area contributed by atoms with Crippen LogP contribution in [-0.4, -0.2) is 59.3 Å². The molecule has 0 aromatic heterocycles. The van der Waals surface area contributed by atoms with Gasteiger partial charge in [-0.2, -0.15) is 0 Å². The number of hydrogen-bond acceptors (Lipinski definition) is 6. The van der Waals surface area contributed by atoms with Crippen LogP contribution < -0.4 is 10.2 Å². The van der Waals surface area contributed by atoms with Crippen molar-refractivity contribution in [1.29, 1.82) is 0 Å². The van der Waals surface area contributed by atoms with Gasteiger partial charge in [0, 0.05) is 30.7 Å². The average Bonchev–Trinajstić information content (AvgIpc) is 2.74. The summed E-state index contributed by atoms with van der Waals surface area (Å²) in [5, 5.41) is 3.26. The molecule has 0 bridgehead atoms. The van der Waals surface area contributed by atoms with E-state index in [0.29, 0.717) is 41.5 Å². The molecule has 1 aliphatic heterocycles. The number of carbonyl (C=O) groups is 1. The first-order valence-electron chi connectivity index (χ1n) is 9.00. The van der Waals surface area contributed by atoms with Gasteiger partial charge < -0.3 is 15.0 Å². The van der Waals surface area contributed by atoms with Crippen LogP contribution in [0.15, 0.2) is 41.3 Å². The number of carbonyl (C=O) groups excluding carboxylic acids is 1. The van der Waals surface area contributed by atoms with Crippen LogP contribution in [-0.2, 0) is 19.6 Å². The second kappa shape index (κ2) is 9.51. The molecule has 11 heteroatoms. The lowest BCUT2D eigenvalue weighted by molar-refractivity contribution is -0.0258. The molecule has 2 aromatic carbocycles. The van der Waals surface area contributed by atoms with Crippen molar-refractivity contribution in [3.8, 4) is 0 Å². The Morgan fingerprint density at radius 1 is 1.17 bits per heavy atom. The van der Waals surface area contributed by atoms with Crippen molar-refractivity contribution in [3.05, 3.63) is 52.0 Å². The third kappa shape index (κ3) is 4.88. The van der Waals surface area contributed by atoms with E-state index in [2.05, 4.69) is 10.2 Å². The predicted molar refractivity (Wildman–Crippen MR) is 116 cm³/mol. The molecule has 30 heavy (non-hydrogen) atoms. The van der Waals surface area contributed by atoms with Crippen LogP contribution in [0.2, 0.25) is 10.0 Å². The van der Waals surface area contributed by atoms with E-state index >= 15 is 0 Å². The van der Waals surface area contributed by atoms with Gasteiger partial charge in [-0.3, -0.25) is 9.63 Å². The van der Waals surface area contributed by atoms with Crippen molar-refractivity contribution in [3.63, 3.8) is 0 Å². The maximum Gasteiger partial charge on any atom is 0.266 e. The number of morpholine rings is 1. The van der Waals surface area contributed by atoms with Crippen molar-refractivity contribution in [2.75, 3.05) is 50.7 Å². The van der Waals surface area contributed by atoms with Crippen LogP contribution in [0, 0.1) is 0 Å². The molecular weight excluding hydrogens is 453 g/mol. The molecule has 0 saturated carbocycles. The van der Waals surface area contributed by atoms with Crippen molar-refractivity contribution >= 4 is 50.5 Å². The lowest BCUT2D eigenvalue weighted by atomic mass is 10.2. The van der Waals surface area contributed by atoms with E-state index in [4.69, 9.17) is 32.8 Å². The Labute approximate surface area is 185 Å². The highest BCUT2D eigenvalue weighted by Gasteiger charge is 2.25. The molecular formula is C19H21Cl2N3O5S. The summed E-state index contributed by atoms with van der Waals surface area (Å²) in [7, 11) is -1.57. The Balaban J connectivity index is 1.92. The van der Waals surface area contributed by atoms with Crippen molar-refractivity contribution in [2.45, 2.75) is 4.90 Å². The second-order valence-electron chi connectivity index (χ2n) is 6.46. The number of anilines is 2. The van der Waals surface area contributed by atoms with Crippen LogP contribution in [0.4, 0.5) is 11.4 Å². The Morgan fingerprint density at radius 3 is 2.53 bits per heavy atom. The summed E-state index contributed by atoms with van der Waals surface area (Å²) >= 11 is 12.2. The van der Waals surface area contributed by atoms with Gasteiger partial charge in [-0.05, 0) is 36.4 Å². The number of nitrogens with zero attached hydrogens (tertiary/aromatic N) is 2. The second-order valence-corrected chi connectivity index (χ2v) is 9.21. The van der Waals surface area contributed by atoms with Gasteiger partial charge in [-0.1, -0.05) is 27.7 Å². The molecule has 3 rings (SSSR count). The minimum atomic E-state index is -4.02. The summed E-state index contributed by atoms with van der Waals surface area (Å²) in [5.74, 6) is -0.500. The Bertz CT molecular complexity index is 1040. The summed E-state index contributed by atoms with van der Waals surface area (Å²) in [6.07, 6.45) is 0. The first-order chi connectivity index (χ1) is 14.2. The van der Waals surface area contributed by atoms with Crippen molar-refractivity contribution in [1.82, 2.24) is 4.47 Å². The van der Waals surface area contributed by atoms with E-state index in [1.807, 2.05) is 6.07 Å². The highest BCUT2D eigenvalue weighted by Crippen LogP contribution is 2.31. The zero-order valence-electron chi connectivity index (χ0n) is 16.4. The van der Waals surface area contributed by atoms with Crippen LogP contribution in [0.3, 0.4) is 0 Å². The number of amides is 1. The number of hydrogen-bond donors (Lipinski definition) is 1. The summed E-state index contributed by atoms with van der Waals surface area (Å²) in [4.78, 5) is 19.5. The molecule has 0 aliphatic carbocycles. The maximum absolute atomic E-state index is 12.9. The summed E-state index contributed by atoms with van der Waals surface area (Å²) in [5.41, 5.74) is 1.44. The zero-order valence-corrected chi connectivity index (χ0v) is 18.7.